The molecule has 3 aliphatic carbocycles. The van der Waals surface area contributed by atoms with E-state index in [0.29, 0.717) is 23.2 Å². The summed E-state index contributed by atoms with van der Waals surface area (Å²) in [6.07, 6.45) is 19.5. The molecule has 29 heavy (non-hydrogen) atoms. The lowest BCUT2D eigenvalue weighted by atomic mass is 9.61. The molecular formula is C28H46O. The van der Waals surface area contributed by atoms with Gasteiger partial charge in [-0.2, -0.15) is 0 Å². The lowest BCUT2D eigenvalue weighted by Gasteiger charge is -2.44. The summed E-state index contributed by atoms with van der Waals surface area (Å²) in [6, 6.07) is 0. The number of hydrogen-bond donors (Lipinski definition) is 1. The molecule has 1 heteroatoms. The van der Waals surface area contributed by atoms with Crippen molar-refractivity contribution in [2.24, 2.45) is 40.9 Å². The Balaban J connectivity index is 1.74. The van der Waals surface area contributed by atoms with Crippen molar-refractivity contribution >= 4 is 0 Å². The number of aliphatic hydroxyl groups is 1. The fourth-order valence-corrected chi connectivity index (χ4v) is 6.50. The first-order chi connectivity index (χ1) is 13.7. The molecule has 164 valence electrons. The summed E-state index contributed by atoms with van der Waals surface area (Å²) in [5, 5.41) is 10.1. The zero-order valence-corrected chi connectivity index (χ0v) is 20.0. The van der Waals surface area contributed by atoms with Crippen molar-refractivity contribution in [2.75, 3.05) is 0 Å². The molecule has 3 saturated carbocycles. The van der Waals surface area contributed by atoms with Crippen LogP contribution in [0.2, 0.25) is 0 Å². The monoisotopic (exact) mass is 398 g/mol. The minimum atomic E-state index is -0.121. The third kappa shape index (κ3) is 5.09. The van der Waals surface area contributed by atoms with E-state index in [2.05, 4.69) is 65.8 Å². The summed E-state index contributed by atoms with van der Waals surface area (Å²) >= 11 is 0. The first kappa shape index (κ1) is 22.9. The van der Waals surface area contributed by atoms with Gasteiger partial charge in [0, 0.05) is 0 Å². The first-order valence-electron chi connectivity index (χ1n) is 12.5. The molecule has 0 aromatic carbocycles. The van der Waals surface area contributed by atoms with Crippen LogP contribution in [0.15, 0.2) is 35.5 Å². The number of allylic oxidation sites excluding steroid dienone is 5. The topological polar surface area (TPSA) is 20.2 Å². The van der Waals surface area contributed by atoms with Crippen LogP contribution in [0.5, 0.6) is 0 Å². The van der Waals surface area contributed by atoms with Gasteiger partial charge >= 0.3 is 0 Å². The maximum absolute atomic E-state index is 10.1. The second-order valence-electron chi connectivity index (χ2n) is 11.3. The van der Waals surface area contributed by atoms with E-state index in [-0.39, 0.29) is 6.10 Å². The highest BCUT2D eigenvalue weighted by Gasteiger charge is 2.50. The van der Waals surface area contributed by atoms with E-state index in [1.807, 2.05) is 0 Å². The number of rotatable bonds is 5. The van der Waals surface area contributed by atoms with Crippen molar-refractivity contribution in [1.82, 2.24) is 0 Å². The highest BCUT2D eigenvalue weighted by molar-refractivity contribution is 5.27. The van der Waals surface area contributed by atoms with Crippen LogP contribution in [0.1, 0.15) is 92.9 Å². The zero-order chi connectivity index (χ0) is 21.2. The Labute approximate surface area is 180 Å². The number of aliphatic hydroxyl groups excluding tert-OH is 1. The van der Waals surface area contributed by atoms with E-state index < -0.39 is 0 Å². The Morgan fingerprint density at radius 3 is 2.41 bits per heavy atom. The second-order valence-corrected chi connectivity index (χ2v) is 11.3. The van der Waals surface area contributed by atoms with Gasteiger partial charge in [0.25, 0.3) is 0 Å². The van der Waals surface area contributed by atoms with Crippen LogP contribution in [0.4, 0.5) is 0 Å². The van der Waals surface area contributed by atoms with Crippen molar-refractivity contribution < 1.29 is 5.11 Å². The summed E-state index contributed by atoms with van der Waals surface area (Å²) in [5.41, 5.74) is 3.63. The van der Waals surface area contributed by atoms with Crippen LogP contribution in [0, 0.1) is 40.9 Å². The minimum absolute atomic E-state index is 0.121. The van der Waals surface area contributed by atoms with E-state index in [1.165, 1.54) is 37.7 Å². The van der Waals surface area contributed by atoms with Gasteiger partial charge in [0.1, 0.15) is 0 Å². The molecule has 0 heterocycles. The van der Waals surface area contributed by atoms with Crippen molar-refractivity contribution in [2.45, 2.75) is 99.0 Å². The van der Waals surface area contributed by atoms with Crippen LogP contribution >= 0.6 is 0 Å². The molecule has 3 fully saturated rings. The van der Waals surface area contributed by atoms with Crippen molar-refractivity contribution in [3.63, 3.8) is 0 Å². The van der Waals surface area contributed by atoms with Crippen molar-refractivity contribution in [1.29, 1.82) is 0 Å². The SMILES string of the molecule is CC(C)[C@@H](C)C=C[C@@H](C)[C@H]1CC[C@H]2C(=CC=C3C[C@@H](O)CC[C@@H]3C)CCC[C@]12C. The van der Waals surface area contributed by atoms with E-state index in [9.17, 15) is 5.11 Å². The minimum Gasteiger partial charge on any atom is -0.393 e. The molecule has 1 N–H and O–H groups in total. The van der Waals surface area contributed by atoms with Gasteiger partial charge in [-0.15, -0.1) is 0 Å². The quantitative estimate of drug-likeness (QED) is 0.470. The predicted molar refractivity (Wildman–Crippen MR) is 126 cm³/mol. The molecule has 0 aromatic heterocycles. The number of hydrogen-bond acceptors (Lipinski definition) is 1. The van der Waals surface area contributed by atoms with Crippen molar-refractivity contribution in [3.05, 3.63) is 35.5 Å². The van der Waals surface area contributed by atoms with Gasteiger partial charge in [0.15, 0.2) is 0 Å². The van der Waals surface area contributed by atoms with Crippen molar-refractivity contribution in [3.8, 4) is 0 Å². The zero-order valence-electron chi connectivity index (χ0n) is 20.0. The lowest BCUT2D eigenvalue weighted by Crippen LogP contribution is -2.35. The summed E-state index contributed by atoms with van der Waals surface area (Å²) in [6.45, 7) is 14.4. The van der Waals surface area contributed by atoms with Gasteiger partial charge in [-0.3, -0.25) is 0 Å². The third-order valence-electron chi connectivity index (χ3n) is 8.99. The van der Waals surface area contributed by atoms with Crippen LogP contribution < -0.4 is 0 Å². The Bertz CT molecular complexity index is 639. The van der Waals surface area contributed by atoms with Gasteiger partial charge in [0.05, 0.1) is 6.10 Å². The Morgan fingerprint density at radius 2 is 1.69 bits per heavy atom. The largest absolute Gasteiger partial charge is 0.393 e. The van der Waals surface area contributed by atoms with E-state index in [0.717, 1.165) is 37.0 Å². The van der Waals surface area contributed by atoms with Crippen LogP contribution in [0.3, 0.4) is 0 Å². The summed E-state index contributed by atoms with van der Waals surface area (Å²) in [4.78, 5) is 0. The molecule has 0 radical (unpaired) electrons. The average Bonchev–Trinajstić information content (AvgIpc) is 3.04. The molecule has 3 rings (SSSR count). The molecule has 0 aliphatic heterocycles. The molecule has 0 aromatic rings. The molecule has 0 bridgehead atoms. The summed E-state index contributed by atoms with van der Waals surface area (Å²) in [7, 11) is 0. The molecular weight excluding hydrogens is 352 g/mol. The third-order valence-corrected chi connectivity index (χ3v) is 8.99. The standard InChI is InChI=1S/C28H46O/c1-19(2)20(3)9-10-22(5)26-15-16-27-23(8-7-17-28(26,27)6)12-13-24-18-25(29)14-11-21(24)4/h9-10,12-13,19-22,25-27,29H,7-8,11,14-18H2,1-6H3/t20-,21-,22+,25-,26+,27-,28+/m0/s1. The average molecular weight is 399 g/mol. The van der Waals surface area contributed by atoms with Crippen LogP contribution in [0.25, 0.3) is 0 Å². The molecule has 3 aliphatic rings. The molecule has 0 spiro atoms. The van der Waals surface area contributed by atoms with Gasteiger partial charge < -0.3 is 5.11 Å². The van der Waals surface area contributed by atoms with E-state index in [4.69, 9.17) is 0 Å². The Hall–Kier alpha value is -0.820. The Kier molecular flexibility index (Phi) is 7.52. The predicted octanol–water partition coefficient (Wildman–Crippen LogP) is 7.72. The van der Waals surface area contributed by atoms with Crippen LogP contribution in [-0.4, -0.2) is 11.2 Å². The molecule has 0 unspecified atom stereocenters. The maximum Gasteiger partial charge on any atom is 0.0577 e. The lowest BCUT2D eigenvalue weighted by molar-refractivity contribution is 0.112. The van der Waals surface area contributed by atoms with Gasteiger partial charge in [-0.05, 0) is 92.3 Å². The molecule has 1 nitrogen and oxygen atoms in total. The maximum atomic E-state index is 10.1. The van der Waals surface area contributed by atoms with Gasteiger partial charge in [-0.1, -0.05) is 77.0 Å². The van der Waals surface area contributed by atoms with Crippen LogP contribution in [-0.2, 0) is 0 Å². The van der Waals surface area contributed by atoms with E-state index >= 15 is 0 Å². The van der Waals surface area contributed by atoms with E-state index in [1.54, 1.807) is 5.57 Å². The molecule has 7 atom stereocenters. The highest BCUT2D eigenvalue weighted by Crippen LogP contribution is 2.59. The fourth-order valence-electron chi connectivity index (χ4n) is 6.50. The number of fused-ring (bicyclic) bond motifs is 1. The molecule has 0 saturated heterocycles. The summed E-state index contributed by atoms with van der Waals surface area (Å²) in [5.74, 6) is 4.29. The second kappa shape index (κ2) is 9.54. The highest BCUT2D eigenvalue weighted by atomic mass is 16.3. The van der Waals surface area contributed by atoms with Gasteiger partial charge in [-0.25, -0.2) is 0 Å². The normalized spacial score (nSPS) is 40.7. The Morgan fingerprint density at radius 1 is 0.966 bits per heavy atom. The fraction of sp³-hybridized carbons (Fsp3) is 0.786. The first-order valence-corrected chi connectivity index (χ1v) is 12.5. The molecule has 0 amide bonds. The summed E-state index contributed by atoms with van der Waals surface area (Å²) < 4.78 is 0. The van der Waals surface area contributed by atoms with Gasteiger partial charge in [0.2, 0.25) is 0 Å². The smallest absolute Gasteiger partial charge is 0.0577 e.